The van der Waals surface area contributed by atoms with Gasteiger partial charge in [-0.25, -0.2) is 14.4 Å². The summed E-state index contributed by atoms with van der Waals surface area (Å²) in [4.78, 5) is 46.9. The predicted molar refractivity (Wildman–Crippen MR) is 188 cm³/mol. The first-order valence-corrected chi connectivity index (χ1v) is 16.1. The van der Waals surface area contributed by atoms with Crippen LogP contribution in [0.25, 0.3) is 12.2 Å². The van der Waals surface area contributed by atoms with Gasteiger partial charge in [-0.1, -0.05) is 37.4 Å². The molecule has 0 radical (unpaired) electrons. The molecule has 0 aliphatic carbocycles. The molecule has 3 aromatic rings. The molecule has 0 unspecified atom stereocenters. The van der Waals surface area contributed by atoms with Crippen LogP contribution in [0.4, 0.5) is 18.9 Å². The van der Waals surface area contributed by atoms with E-state index in [9.17, 15) is 32.3 Å². The third kappa shape index (κ3) is 15.2. The summed E-state index contributed by atoms with van der Waals surface area (Å²) in [6.45, 7) is 7.97. The number of unbranched alkanes of at least 4 members (excludes halogenated alkanes) is 2. The van der Waals surface area contributed by atoms with Gasteiger partial charge in [-0.3, -0.25) is 4.79 Å². The zero-order valence-corrected chi connectivity index (χ0v) is 28.2. The Labute approximate surface area is 299 Å². The molecule has 52 heavy (non-hydrogen) atoms. The van der Waals surface area contributed by atoms with E-state index in [4.69, 9.17) is 23.7 Å². The molecule has 0 bridgehead atoms. The van der Waals surface area contributed by atoms with Crippen molar-refractivity contribution in [3.8, 4) is 17.2 Å². The Morgan fingerprint density at radius 2 is 1.08 bits per heavy atom. The number of esters is 3. The smallest absolute Gasteiger partial charge is 0.418 e. The molecular weight excluding hydrogens is 683 g/mol. The number of nitrogens with one attached hydrogen (secondary N) is 1. The van der Waals surface area contributed by atoms with Crippen molar-refractivity contribution in [3.05, 3.63) is 121 Å². The number of carbonyl (C=O) groups excluding carboxylic acids is 4. The highest BCUT2D eigenvalue weighted by molar-refractivity contribution is 6.02. The first-order chi connectivity index (χ1) is 25.0. The summed E-state index contributed by atoms with van der Waals surface area (Å²) in [6.07, 6.45) is 4.90. The Kier molecular flexibility index (Phi) is 16.4. The summed E-state index contributed by atoms with van der Waals surface area (Å²) in [5.41, 5.74) is -0.493. The van der Waals surface area contributed by atoms with Gasteiger partial charge < -0.3 is 29.0 Å². The minimum atomic E-state index is -4.86. The van der Waals surface area contributed by atoms with Crippen molar-refractivity contribution in [2.75, 3.05) is 31.7 Å². The summed E-state index contributed by atoms with van der Waals surface area (Å²) in [5.74, 6) is -1.88. The van der Waals surface area contributed by atoms with Crippen molar-refractivity contribution >= 4 is 41.7 Å². The molecule has 13 heteroatoms. The minimum Gasteiger partial charge on any atom is -0.494 e. The molecule has 10 nitrogen and oxygen atoms in total. The molecule has 0 fully saturated rings. The number of amides is 1. The Hall–Kier alpha value is -6.11. The number of carbonyl (C=O) groups is 4. The lowest BCUT2D eigenvalue weighted by Crippen LogP contribution is -2.15. The van der Waals surface area contributed by atoms with Crippen LogP contribution in [0, 0.1) is 0 Å². The fourth-order valence-electron chi connectivity index (χ4n) is 4.19. The van der Waals surface area contributed by atoms with E-state index in [1.165, 1.54) is 12.2 Å². The standard InChI is InChI=1S/C39H38F3NO9/c1-3-36(45)50-25-7-5-23-48-30-15-9-28(10-16-30)13-21-35(44)43-34-20-19-32(27-33(34)39(40,41)42)52-38(47)22-14-29-11-17-31(18-12-29)49-24-6-8-26-51-37(46)4-2/h3-4,9-22,27H,1-2,5-8,23-26H2,(H,43,44). The number of hydrogen-bond acceptors (Lipinski definition) is 9. The minimum absolute atomic E-state index is 0.261. The summed E-state index contributed by atoms with van der Waals surface area (Å²) >= 11 is 0. The Bertz CT molecular complexity index is 1730. The lowest BCUT2D eigenvalue weighted by Gasteiger charge is -2.14. The second-order valence-corrected chi connectivity index (χ2v) is 10.8. The van der Waals surface area contributed by atoms with Gasteiger partial charge in [-0.2, -0.15) is 13.2 Å². The number of hydrogen-bond donors (Lipinski definition) is 1. The number of rotatable bonds is 20. The summed E-state index contributed by atoms with van der Waals surface area (Å²) in [5, 5.41) is 2.22. The molecule has 1 N–H and O–H groups in total. The maximum absolute atomic E-state index is 13.9. The molecule has 0 spiro atoms. The molecular formula is C39H38F3NO9. The van der Waals surface area contributed by atoms with Crippen LogP contribution in [0.1, 0.15) is 42.4 Å². The topological polar surface area (TPSA) is 126 Å². The first kappa shape index (κ1) is 40.3. The van der Waals surface area contributed by atoms with Crippen LogP contribution in [-0.4, -0.2) is 50.2 Å². The van der Waals surface area contributed by atoms with Gasteiger partial charge in [0.25, 0.3) is 0 Å². The molecule has 0 atom stereocenters. The van der Waals surface area contributed by atoms with Gasteiger partial charge in [0.05, 0.1) is 37.7 Å². The maximum atomic E-state index is 13.9. The van der Waals surface area contributed by atoms with Crippen LogP contribution < -0.4 is 19.5 Å². The quantitative estimate of drug-likeness (QED) is 0.0539. The summed E-state index contributed by atoms with van der Waals surface area (Å²) in [7, 11) is 0. The van der Waals surface area contributed by atoms with Crippen LogP contribution in [0.3, 0.4) is 0 Å². The van der Waals surface area contributed by atoms with Crippen molar-refractivity contribution in [1.82, 2.24) is 0 Å². The van der Waals surface area contributed by atoms with Gasteiger partial charge in [0, 0.05) is 24.3 Å². The average molecular weight is 722 g/mol. The van der Waals surface area contributed by atoms with Crippen LogP contribution in [0.15, 0.2) is 104 Å². The van der Waals surface area contributed by atoms with Crippen LogP contribution in [0.2, 0.25) is 0 Å². The van der Waals surface area contributed by atoms with Crippen LogP contribution >= 0.6 is 0 Å². The monoisotopic (exact) mass is 721 g/mol. The number of benzene rings is 3. The molecule has 0 heterocycles. The van der Waals surface area contributed by atoms with Crippen LogP contribution in [-0.2, 0) is 34.8 Å². The molecule has 3 rings (SSSR count). The number of ether oxygens (including phenoxy) is 5. The largest absolute Gasteiger partial charge is 0.494 e. The third-order valence-electron chi connectivity index (χ3n) is 6.81. The zero-order valence-electron chi connectivity index (χ0n) is 28.2. The average Bonchev–Trinajstić information content (AvgIpc) is 3.13. The molecule has 0 aliphatic heterocycles. The lowest BCUT2D eigenvalue weighted by molar-refractivity contribution is -0.138. The highest BCUT2D eigenvalue weighted by atomic mass is 19.4. The van der Waals surface area contributed by atoms with Crippen molar-refractivity contribution in [1.29, 1.82) is 0 Å². The summed E-state index contributed by atoms with van der Waals surface area (Å²) in [6, 6.07) is 16.2. The molecule has 0 aliphatic rings. The van der Waals surface area contributed by atoms with Crippen molar-refractivity contribution in [3.63, 3.8) is 0 Å². The predicted octanol–water partition coefficient (Wildman–Crippen LogP) is 7.75. The highest BCUT2D eigenvalue weighted by Crippen LogP contribution is 2.37. The maximum Gasteiger partial charge on any atom is 0.418 e. The van der Waals surface area contributed by atoms with Gasteiger partial charge in [0.1, 0.15) is 17.2 Å². The number of halogens is 3. The fraction of sp³-hybridized carbons (Fsp3) is 0.231. The lowest BCUT2D eigenvalue weighted by atomic mass is 10.1. The highest BCUT2D eigenvalue weighted by Gasteiger charge is 2.34. The van der Waals surface area contributed by atoms with E-state index in [1.807, 2.05) is 0 Å². The third-order valence-corrected chi connectivity index (χ3v) is 6.81. The van der Waals surface area contributed by atoms with Crippen LogP contribution in [0.5, 0.6) is 17.2 Å². The molecule has 0 saturated carbocycles. The normalized spacial score (nSPS) is 11.1. The second-order valence-electron chi connectivity index (χ2n) is 10.8. The van der Waals surface area contributed by atoms with E-state index in [-0.39, 0.29) is 19.0 Å². The van der Waals surface area contributed by atoms with E-state index in [2.05, 4.69) is 18.5 Å². The Morgan fingerprint density at radius 3 is 1.56 bits per heavy atom. The zero-order chi connectivity index (χ0) is 37.8. The first-order valence-electron chi connectivity index (χ1n) is 16.1. The van der Waals surface area contributed by atoms with Gasteiger partial charge >= 0.3 is 24.1 Å². The van der Waals surface area contributed by atoms with Gasteiger partial charge in [0.15, 0.2) is 0 Å². The molecule has 1 amide bonds. The van der Waals surface area contributed by atoms with Crippen molar-refractivity contribution in [2.24, 2.45) is 0 Å². The van der Waals surface area contributed by atoms with E-state index in [0.717, 1.165) is 36.4 Å². The van der Waals surface area contributed by atoms with Gasteiger partial charge in [-0.05, 0) is 91.4 Å². The number of anilines is 1. The summed E-state index contributed by atoms with van der Waals surface area (Å²) < 4.78 is 67.8. The van der Waals surface area contributed by atoms with E-state index >= 15 is 0 Å². The van der Waals surface area contributed by atoms with Crippen molar-refractivity contribution in [2.45, 2.75) is 31.9 Å². The molecule has 274 valence electrons. The molecule has 3 aromatic carbocycles. The number of alkyl halides is 3. The Morgan fingerprint density at radius 1 is 0.615 bits per heavy atom. The molecule has 0 saturated heterocycles. The second kappa shape index (κ2) is 21.2. The van der Waals surface area contributed by atoms with E-state index in [0.29, 0.717) is 67.6 Å². The van der Waals surface area contributed by atoms with Crippen molar-refractivity contribution < 1.29 is 56.0 Å². The fourth-order valence-corrected chi connectivity index (χ4v) is 4.19. The van der Waals surface area contributed by atoms with Gasteiger partial charge in [-0.15, -0.1) is 0 Å². The SMILES string of the molecule is C=CC(=O)OCCCCOc1ccc(C=CC(=O)Nc2ccc(OC(=O)C=Cc3ccc(OCCCCOC(=O)C=C)cc3)cc2C(F)(F)F)cc1. The van der Waals surface area contributed by atoms with E-state index in [1.54, 1.807) is 48.5 Å². The molecule has 0 aromatic heterocycles. The Balaban J connectivity index is 1.48. The van der Waals surface area contributed by atoms with Gasteiger partial charge in [0.2, 0.25) is 5.91 Å². The van der Waals surface area contributed by atoms with E-state index < -0.39 is 41.2 Å².